The number of nitriles is 1. The van der Waals surface area contributed by atoms with Crippen molar-refractivity contribution in [2.45, 2.75) is 19.8 Å². The second-order valence-corrected chi connectivity index (χ2v) is 6.75. The Balaban J connectivity index is 2.24. The first kappa shape index (κ1) is 19.4. The van der Waals surface area contributed by atoms with Crippen molar-refractivity contribution >= 4 is 30.0 Å². The molecule has 5 nitrogen and oxygen atoms in total. The molecule has 0 unspecified atom stereocenters. The highest BCUT2D eigenvalue weighted by Crippen LogP contribution is 2.35. The molecule has 2 aromatic carbocycles. The van der Waals surface area contributed by atoms with Crippen LogP contribution >= 0.6 is 11.6 Å². The molecule has 0 aliphatic rings. The Morgan fingerprint density at radius 1 is 1.14 bits per heavy atom. The molecule has 0 aliphatic carbocycles. The van der Waals surface area contributed by atoms with E-state index in [1.54, 1.807) is 18.2 Å². The number of amides is 1. The van der Waals surface area contributed by atoms with Crippen molar-refractivity contribution in [1.82, 2.24) is 4.57 Å². The van der Waals surface area contributed by atoms with Crippen LogP contribution in [-0.2, 0) is 16.0 Å². The molecule has 140 valence electrons. The Bertz CT molecular complexity index is 1080. The van der Waals surface area contributed by atoms with Gasteiger partial charge in [0.2, 0.25) is 6.41 Å². The zero-order valence-electron chi connectivity index (χ0n) is 15.3. The van der Waals surface area contributed by atoms with E-state index < -0.39 is 0 Å². The van der Waals surface area contributed by atoms with Crippen molar-refractivity contribution in [3.63, 3.8) is 0 Å². The largest absolute Gasteiger partial charge is 0.328 e. The molecule has 3 rings (SSSR count). The third kappa shape index (κ3) is 3.83. The number of benzene rings is 2. The van der Waals surface area contributed by atoms with E-state index in [1.165, 1.54) is 0 Å². The highest BCUT2D eigenvalue weighted by molar-refractivity contribution is 6.31. The number of nitrogens with one attached hydrogen (secondary N) is 1. The van der Waals surface area contributed by atoms with Gasteiger partial charge in [-0.25, -0.2) is 0 Å². The van der Waals surface area contributed by atoms with Crippen molar-refractivity contribution in [3.8, 4) is 23.0 Å². The second kappa shape index (κ2) is 8.55. The lowest BCUT2D eigenvalue weighted by atomic mass is 10.1. The summed E-state index contributed by atoms with van der Waals surface area (Å²) in [6, 6.07) is 16.9. The SMILES string of the molecule is Cc1cc(C#N)ccc1-n1c(CCC=O)ccc1-c1ccc(Cl)cc1NC=O. The van der Waals surface area contributed by atoms with Crippen LogP contribution in [0.15, 0.2) is 48.5 Å². The van der Waals surface area contributed by atoms with E-state index in [4.69, 9.17) is 16.9 Å². The van der Waals surface area contributed by atoms with Crippen molar-refractivity contribution < 1.29 is 9.59 Å². The quantitative estimate of drug-likeness (QED) is 0.594. The highest BCUT2D eigenvalue weighted by atomic mass is 35.5. The lowest BCUT2D eigenvalue weighted by molar-refractivity contribution is -0.108. The molecule has 0 fully saturated rings. The van der Waals surface area contributed by atoms with Gasteiger partial charge in [0.1, 0.15) is 6.29 Å². The number of carbonyl (C=O) groups is 2. The van der Waals surface area contributed by atoms with Gasteiger partial charge in [0.05, 0.1) is 23.0 Å². The molecule has 3 aromatic rings. The summed E-state index contributed by atoms with van der Waals surface area (Å²) in [5.74, 6) is 0. The van der Waals surface area contributed by atoms with Crippen LogP contribution in [0, 0.1) is 18.3 Å². The van der Waals surface area contributed by atoms with Gasteiger partial charge in [-0.1, -0.05) is 11.6 Å². The monoisotopic (exact) mass is 391 g/mol. The molecule has 0 atom stereocenters. The number of aryl methyl sites for hydroxylation is 2. The lowest BCUT2D eigenvalue weighted by Gasteiger charge is -2.18. The number of carbonyl (C=O) groups excluding carboxylic acids is 2. The van der Waals surface area contributed by atoms with Gasteiger partial charge in [0.15, 0.2) is 0 Å². The van der Waals surface area contributed by atoms with Crippen molar-refractivity contribution in [2.24, 2.45) is 0 Å². The summed E-state index contributed by atoms with van der Waals surface area (Å²) in [5.41, 5.74) is 5.64. The first-order valence-corrected chi connectivity index (χ1v) is 9.12. The second-order valence-electron chi connectivity index (χ2n) is 6.32. The van der Waals surface area contributed by atoms with Gasteiger partial charge in [-0.2, -0.15) is 5.26 Å². The molecule has 0 spiro atoms. The minimum atomic E-state index is 0.402. The highest BCUT2D eigenvalue weighted by Gasteiger charge is 2.16. The van der Waals surface area contributed by atoms with E-state index in [2.05, 4.69) is 16.0 Å². The molecule has 0 saturated carbocycles. The van der Waals surface area contributed by atoms with Crippen molar-refractivity contribution in [3.05, 3.63) is 70.4 Å². The van der Waals surface area contributed by atoms with Gasteiger partial charge >= 0.3 is 0 Å². The zero-order chi connectivity index (χ0) is 20.1. The normalized spacial score (nSPS) is 10.3. The number of hydrogen-bond donors (Lipinski definition) is 1. The van der Waals surface area contributed by atoms with Crippen LogP contribution in [0.3, 0.4) is 0 Å². The maximum atomic E-state index is 11.1. The molecule has 0 saturated heterocycles. The van der Waals surface area contributed by atoms with Crippen molar-refractivity contribution in [1.29, 1.82) is 5.26 Å². The van der Waals surface area contributed by atoms with E-state index in [0.717, 1.165) is 34.5 Å². The number of rotatable bonds is 7. The fourth-order valence-corrected chi connectivity index (χ4v) is 3.45. The number of anilines is 1. The third-order valence-corrected chi connectivity index (χ3v) is 4.75. The smallest absolute Gasteiger partial charge is 0.211 e. The summed E-state index contributed by atoms with van der Waals surface area (Å²) in [7, 11) is 0. The summed E-state index contributed by atoms with van der Waals surface area (Å²) in [4.78, 5) is 22.0. The molecular weight excluding hydrogens is 374 g/mol. The maximum absolute atomic E-state index is 11.1. The number of aromatic nitrogens is 1. The van der Waals surface area contributed by atoms with Gasteiger partial charge in [-0.15, -0.1) is 0 Å². The molecule has 6 heteroatoms. The van der Waals surface area contributed by atoms with E-state index in [0.29, 0.717) is 35.5 Å². The third-order valence-electron chi connectivity index (χ3n) is 4.52. The summed E-state index contributed by atoms with van der Waals surface area (Å²) < 4.78 is 2.05. The van der Waals surface area contributed by atoms with Gasteiger partial charge in [0.25, 0.3) is 0 Å². The van der Waals surface area contributed by atoms with E-state index in [-0.39, 0.29) is 0 Å². The van der Waals surface area contributed by atoms with E-state index >= 15 is 0 Å². The fourth-order valence-electron chi connectivity index (χ4n) is 3.27. The predicted octanol–water partition coefficient (Wildman–Crippen LogP) is 4.68. The van der Waals surface area contributed by atoms with Gasteiger partial charge in [-0.05, 0) is 67.4 Å². The topological polar surface area (TPSA) is 74.9 Å². The predicted molar refractivity (Wildman–Crippen MR) is 110 cm³/mol. The Kier molecular flexibility index (Phi) is 5.93. The van der Waals surface area contributed by atoms with Gasteiger partial charge < -0.3 is 14.7 Å². The minimum absolute atomic E-state index is 0.402. The summed E-state index contributed by atoms with van der Waals surface area (Å²) in [5, 5.41) is 12.4. The molecular formula is C22H18ClN3O2. The lowest BCUT2D eigenvalue weighted by Crippen LogP contribution is -2.06. The first-order valence-electron chi connectivity index (χ1n) is 8.74. The Morgan fingerprint density at radius 2 is 1.96 bits per heavy atom. The number of halogens is 1. The van der Waals surface area contributed by atoms with E-state index in [1.807, 2.05) is 37.3 Å². The van der Waals surface area contributed by atoms with Crippen LogP contribution in [0.1, 0.15) is 23.2 Å². The number of nitrogens with zero attached hydrogens (tertiary/aromatic N) is 2. The van der Waals surface area contributed by atoms with Gasteiger partial charge in [-0.3, -0.25) is 4.79 Å². The molecule has 1 N–H and O–H groups in total. The molecule has 1 heterocycles. The van der Waals surface area contributed by atoms with E-state index in [9.17, 15) is 9.59 Å². The number of hydrogen-bond acceptors (Lipinski definition) is 3. The zero-order valence-corrected chi connectivity index (χ0v) is 16.0. The molecule has 1 amide bonds. The molecule has 0 aliphatic heterocycles. The summed E-state index contributed by atoms with van der Waals surface area (Å²) in [6.45, 7) is 1.94. The fraction of sp³-hybridized carbons (Fsp3) is 0.136. The molecule has 28 heavy (non-hydrogen) atoms. The Morgan fingerprint density at radius 3 is 2.64 bits per heavy atom. The van der Waals surface area contributed by atoms with Crippen molar-refractivity contribution in [2.75, 3.05) is 5.32 Å². The van der Waals surface area contributed by atoms with Crippen LogP contribution in [0.2, 0.25) is 5.02 Å². The summed E-state index contributed by atoms with van der Waals surface area (Å²) in [6.07, 6.45) is 2.48. The average molecular weight is 392 g/mol. The number of aldehydes is 1. The Labute approximate surface area is 168 Å². The molecule has 0 radical (unpaired) electrons. The van der Waals surface area contributed by atoms with Gasteiger partial charge in [0, 0.05) is 28.4 Å². The van der Waals surface area contributed by atoms with Crippen LogP contribution in [0.25, 0.3) is 16.9 Å². The average Bonchev–Trinajstić information content (AvgIpc) is 3.10. The van der Waals surface area contributed by atoms with Crippen LogP contribution in [0.5, 0.6) is 0 Å². The summed E-state index contributed by atoms with van der Waals surface area (Å²) >= 11 is 6.10. The van der Waals surface area contributed by atoms with Crippen LogP contribution in [-0.4, -0.2) is 17.3 Å². The minimum Gasteiger partial charge on any atom is -0.328 e. The first-order chi connectivity index (χ1) is 13.6. The standard InChI is InChI=1S/C22H18ClN3O2/c1-15-11-16(13-24)4-8-21(15)26-18(3-2-10-27)6-9-22(26)19-7-5-17(23)12-20(19)25-14-28/h4-12,14H,2-3H2,1H3,(H,25,28). The Hall–Kier alpha value is -3.36. The maximum Gasteiger partial charge on any atom is 0.211 e. The van der Waals surface area contributed by atoms with Crippen LogP contribution < -0.4 is 5.32 Å². The molecule has 1 aromatic heterocycles. The van der Waals surface area contributed by atoms with Crippen LogP contribution in [0.4, 0.5) is 5.69 Å². The molecule has 0 bridgehead atoms.